The Morgan fingerprint density at radius 3 is 2.50 bits per heavy atom. The highest BCUT2D eigenvalue weighted by atomic mass is 15.1. The maximum absolute atomic E-state index is 7.26. The van der Waals surface area contributed by atoms with Crippen molar-refractivity contribution in [1.82, 2.24) is 4.90 Å². The number of nitrogens with zero attached hydrogens (tertiary/aromatic N) is 2. The molecule has 0 saturated heterocycles. The van der Waals surface area contributed by atoms with Crippen molar-refractivity contribution < 1.29 is 0 Å². The number of rotatable bonds is 2. The largest absolute Gasteiger partial charge is 0.362 e. The second-order valence-electron chi connectivity index (χ2n) is 2.04. The van der Waals surface area contributed by atoms with Gasteiger partial charge in [0.15, 0.2) is 0 Å². The molecule has 0 aromatic carbocycles. The molecule has 0 aromatic heterocycles. The molecule has 3 nitrogen and oxygen atoms in total. The second-order valence-corrected chi connectivity index (χ2v) is 2.04. The molecule has 0 aliphatic rings. The Balaban J connectivity index is 3.78. The molecular formula is C7H13N3. The minimum absolute atomic E-state index is 0.401. The average molecular weight is 139 g/mol. The monoisotopic (exact) mass is 139 g/mol. The summed E-state index contributed by atoms with van der Waals surface area (Å²) in [5.74, 6) is 0.401. The van der Waals surface area contributed by atoms with Crippen LogP contribution in [0.5, 0.6) is 0 Å². The Morgan fingerprint density at radius 1 is 1.50 bits per heavy atom. The van der Waals surface area contributed by atoms with Gasteiger partial charge in [-0.05, 0) is 6.92 Å². The van der Waals surface area contributed by atoms with Crippen LogP contribution >= 0.6 is 0 Å². The van der Waals surface area contributed by atoms with Crippen LogP contribution in [-0.4, -0.2) is 31.0 Å². The summed E-state index contributed by atoms with van der Waals surface area (Å²) in [5.41, 5.74) is 0. The minimum atomic E-state index is 0.401. The van der Waals surface area contributed by atoms with E-state index in [1.165, 1.54) is 6.21 Å². The van der Waals surface area contributed by atoms with Crippen LogP contribution in [0.15, 0.2) is 17.3 Å². The fourth-order valence-electron chi connectivity index (χ4n) is 0.315. The van der Waals surface area contributed by atoms with E-state index in [9.17, 15) is 0 Å². The first-order valence-corrected chi connectivity index (χ1v) is 3.08. The van der Waals surface area contributed by atoms with E-state index in [1.807, 2.05) is 27.1 Å². The molecule has 0 unspecified atom stereocenters. The lowest BCUT2D eigenvalue weighted by Gasteiger charge is -2.07. The molecule has 0 rings (SSSR count). The molecular weight excluding hydrogens is 126 g/mol. The van der Waals surface area contributed by atoms with Crippen molar-refractivity contribution >= 4 is 12.1 Å². The average Bonchev–Trinajstić information content (AvgIpc) is 1.88. The standard InChI is InChI=1S/C7H13N3/c1-4-5-9-6-7(8)10(2)3/h4-6,8H,1-3H3. The Morgan fingerprint density at radius 2 is 2.10 bits per heavy atom. The van der Waals surface area contributed by atoms with E-state index in [4.69, 9.17) is 5.41 Å². The van der Waals surface area contributed by atoms with Gasteiger partial charge in [0.1, 0.15) is 5.84 Å². The molecule has 0 fully saturated rings. The predicted octanol–water partition coefficient (Wildman–Crippen LogP) is 1.13. The van der Waals surface area contributed by atoms with Crippen LogP contribution in [0.25, 0.3) is 0 Å². The Kier molecular flexibility index (Phi) is 4.20. The van der Waals surface area contributed by atoms with Crippen molar-refractivity contribution in [2.75, 3.05) is 14.1 Å². The van der Waals surface area contributed by atoms with E-state index in [-0.39, 0.29) is 0 Å². The van der Waals surface area contributed by atoms with Crippen molar-refractivity contribution in [3.8, 4) is 0 Å². The number of amidine groups is 1. The number of hydrogen-bond donors (Lipinski definition) is 1. The van der Waals surface area contributed by atoms with E-state index in [0.717, 1.165) is 0 Å². The van der Waals surface area contributed by atoms with Gasteiger partial charge < -0.3 is 4.90 Å². The second kappa shape index (κ2) is 4.73. The van der Waals surface area contributed by atoms with Gasteiger partial charge in [0.2, 0.25) is 0 Å². The summed E-state index contributed by atoms with van der Waals surface area (Å²) in [6.07, 6.45) is 4.97. The normalized spacial score (nSPS) is 11.1. The molecule has 0 atom stereocenters. The Hall–Kier alpha value is -1.12. The van der Waals surface area contributed by atoms with Gasteiger partial charge in [-0.1, -0.05) is 6.08 Å². The van der Waals surface area contributed by atoms with Gasteiger partial charge >= 0.3 is 0 Å². The molecule has 56 valence electrons. The van der Waals surface area contributed by atoms with Crippen molar-refractivity contribution in [2.45, 2.75) is 6.92 Å². The zero-order valence-corrected chi connectivity index (χ0v) is 6.63. The zero-order valence-electron chi connectivity index (χ0n) is 6.63. The van der Waals surface area contributed by atoms with E-state index in [0.29, 0.717) is 5.84 Å². The molecule has 0 saturated carbocycles. The third-order valence-electron chi connectivity index (χ3n) is 0.914. The molecule has 0 heterocycles. The summed E-state index contributed by atoms with van der Waals surface area (Å²) >= 11 is 0. The highest BCUT2D eigenvalue weighted by molar-refractivity contribution is 6.27. The number of allylic oxidation sites excluding steroid dienone is 1. The first kappa shape index (κ1) is 8.88. The van der Waals surface area contributed by atoms with Crippen LogP contribution in [0.2, 0.25) is 0 Å². The van der Waals surface area contributed by atoms with E-state index in [1.54, 1.807) is 11.1 Å². The van der Waals surface area contributed by atoms with Gasteiger partial charge in [0.25, 0.3) is 0 Å². The van der Waals surface area contributed by atoms with Crippen molar-refractivity contribution in [3.63, 3.8) is 0 Å². The molecule has 10 heavy (non-hydrogen) atoms. The van der Waals surface area contributed by atoms with Crippen LogP contribution in [0.1, 0.15) is 6.92 Å². The number of aliphatic imine (C=N–C) groups is 1. The van der Waals surface area contributed by atoms with Gasteiger partial charge in [-0.15, -0.1) is 0 Å². The lowest BCUT2D eigenvalue weighted by Crippen LogP contribution is -2.21. The van der Waals surface area contributed by atoms with Crippen molar-refractivity contribution in [2.24, 2.45) is 4.99 Å². The lowest BCUT2D eigenvalue weighted by molar-refractivity contribution is 0.628. The molecule has 0 aromatic rings. The van der Waals surface area contributed by atoms with E-state index < -0.39 is 0 Å². The topological polar surface area (TPSA) is 39.5 Å². The summed E-state index contributed by atoms with van der Waals surface area (Å²) in [6, 6.07) is 0. The highest BCUT2D eigenvalue weighted by Crippen LogP contribution is 1.76. The van der Waals surface area contributed by atoms with Gasteiger partial charge in [0.05, 0.1) is 6.21 Å². The van der Waals surface area contributed by atoms with Gasteiger partial charge in [-0.25, -0.2) is 0 Å². The first-order valence-electron chi connectivity index (χ1n) is 3.08. The number of hydrogen-bond acceptors (Lipinski definition) is 2. The molecule has 0 aliphatic heterocycles. The van der Waals surface area contributed by atoms with Gasteiger partial charge in [-0.2, -0.15) is 0 Å². The maximum Gasteiger partial charge on any atom is 0.138 e. The summed E-state index contributed by atoms with van der Waals surface area (Å²) < 4.78 is 0. The summed E-state index contributed by atoms with van der Waals surface area (Å²) in [7, 11) is 3.62. The smallest absolute Gasteiger partial charge is 0.138 e. The van der Waals surface area contributed by atoms with Crippen molar-refractivity contribution in [3.05, 3.63) is 12.3 Å². The van der Waals surface area contributed by atoms with Gasteiger partial charge in [0, 0.05) is 20.3 Å². The summed E-state index contributed by atoms with van der Waals surface area (Å²) in [4.78, 5) is 5.53. The third kappa shape index (κ3) is 3.83. The van der Waals surface area contributed by atoms with Crippen LogP contribution in [-0.2, 0) is 0 Å². The fourth-order valence-corrected chi connectivity index (χ4v) is 0.315. The fraction of sp³-hybridized carbons (Fsp3) is 0.429. The van der Waals surface area contributed by atoms with E-state index >= 15 is 0 Å². The third-order valence-corrected chi connectivity index (χ3v) is 0.914. The SMILES string of the molecule is CC=CN=CC(=N)N(C)C. The molecule has 0 amide bonds. The Bertz CT molecular complexity index is 156. The van der Waals surface area contributed by atoms with Crippen LogP contribution in [0, 0.1) is 5.41 Å². The van der Waals surface area contributed by atoms with Crippen LogP contribution in [0.3, 0.4) is 0 Å². The summed E-state index contributed by atoms with van der Waals surface area (Å²) in [5, 5.41) is 7.26. The Labute approximate surface area is 61.6 Å². The molecule has 1 N–H and O–H groups in total. The van der Waals surface area contributed by atoms with E-state index in [2.05, 4.69) is 4.99 Å². The lowest BCUT2D eigenvalue weighted by atomic mass is 10.6. The summed E-state index contributed by atoms with van der Waals surface area (Å²) in [6.45, 7) is 1.89. The quantitative estimate of drug-likeness (QED) is 0.452. The van der Waals surface area contributed by atoms with Crippen LogP contribution in [0.4, 0.5) is 0 Å². The molecule has 3 heteroatoms. The predicted molar refractivity (Wildman–Crippen MR) is 44.7 cm³/mol. The minimum Gasteiger partial charge on any atom is -0.362 e. The maximum atomic E-state index is 7.26. The van der Waals surface area contributed by atoms with Gasteiger partial charge in [-0.3, -0.25) is 10.4 Å². The number of nitrogens with one attached hydrogen (secondary N) is 1. The van der Waals surface area contributed by atoms with Crippen molar-refractivity contribution in [1.29, 1.82) is 5.41 Å². The molecule has 0 spiro atoms. The highest BCUT2D eigenvalue weighted by Gasteiger charge is 1.89. The molecule has 0 bridgehead atoms. The zero-order chi connectivity index (χ0) is 7.98. The molecule has 0 aliphatic carbocycles. The first-order chi connectivity index (χ1) is 4.68. The molecule has 0 radical (unpaired) electrons. The van der Waals surface area contributed by atoms with Crippen LogP contribution < -0.4 is 0 Å².